The van der Waals surface area contributed by atoms with E-state index in [0.717, 1.165) is 25.7 Å². The molecule has 0 unspecified atom stereocenters. The summed E-state index contributed by atoms with van der Waals surface area (Å²) in [6.45, 7) is 1.37. The minimum atomic E-state index is -0.618. The van der Waals surface area contributed by atoms with Gasteiger partial charge in [0.1, 0.15) is 0 Å². The Bertz CT molecular complexity index is 367. The lowest BCUT2D eigenvalue weighted by atomic mass is 9.95. The maximum absolute atomic E-state index is 11.3. The fraction of sp³-hybridized carbons (Fsp3) is 0.700. The van der Waals surface area contributed by atoms with E-state index < -0.39 is 5.95 Å². The summed E-state index contributed by atoms with van der Waals surface area (Å²) in [5, 5.41) is 14.9. The van der Waals surface area contributed by atoms with Gasteiger partial charge in [0, 0.05) is 19.8 Å². The van der Waals surface area contributed by atoms with Gasteiger partial charge in [0.15, 0.2) is 12.0 Å². The van der Waals surface area contributed by atoms with Crippen LogP contribution in [0.25, 0.3) is 0 Å². The van der Waals surface area contributed by atoms with E-state index in [1.807, 2.05) is 0 Å². The van der Waals surface area contributed by atoms with Crippen molar-refractivity contribution in [1.29, 1.82) is 0 Å². The van der Waals surface area contributed by atoms with Gasteiger partial charge in [0.2, 0.25) is 5.78 Å². The quantitative estimate of drug-likeness (QED) is 0.533. The van der Waals surface area contributed by atoms with E-state index in [1.165, 1.54) is 18.0 Å². The standard InChI is InChI=1S/C10H14N2O3/c1-7(13)9-10(14)15-11-12(9)8-5-3-2-4-6-8/h8H,2-6H2,1H3. The van der Waals surface area contributed by atoms with Crippen molar-refractivity contribution in [3.63, 3.8) is 0 Å². The van der Waals surface area contributed by atoms with Crippen LogP contribution >= 0.6 is 0 Å². The summed E-state index contributed by atoms with van der Waals surface area (Å²) < 4.78 is 6.02. The zero-order valence-electron chi connectivity index (χ0n) is 8.73. The summed E-state index contributed by atoms with van der Waals surface area (Å²) in [4.78, 5) is 11.3. The largest absolute Gasteiger partial charge is 0.539 e. The second kappa shape index (κ2) is 4.00. The van der Waals surface area contributed by atoms with Gasteiger partial charge in [-0.25, -0.2) is 0 Å². The van der Waals surface area contributed by atoms with Gasteiger partial charge in [-0.15, -0.1) is 0 Å². The van der Waals surface area contributed by atoms with Crippen molar-refractivity contribution in [3.8, 4) is 5.95 Å². The van der Waals surface area contributed by atoms with Gasteiger partial charge in [-0.1, -0.05) is 11.1 Å². The second-order valence-corrected chi connectivity index (χ2v) is 4.00. The van der Waals surface area contributed by atoms with Gasteiger partial charge in [0.25, 0.3) is 5.69 Å². The highest BCUT2D eigenvalue weighted by molar-refractivity contribution is 5.92. The molecule has 0 atom stereocenters. The van der Waals surface area contributed by atoms with E-state index in [4.69, 9.17) is 0 Å². The molecule has 0 saturated heterocycles. The summed E-state index contributed by atoms with van der Waals surface area (Å²) in [6.07, 6.45) is 5.40. The monoisotopic (exact) mass is 210 g/mol. The first-order valence-electron chi connectivity index (χ1n) is 5.29. The van der Waals surface area contributed by atoms with E-state index in [9.17, 15) is 9.90 Å². The molecule has 1 saturated carbocycles. The lowest BCUT2D eigenvalue weighted by molar-refractivity contribution is -0.788. The Morgan fingerprint density at radius 1 is 1.47 bits per heavy atom. The average Bonchev–Trinajstić information content (AvgIpc) is 2.61. The molecular weight excluding hydrogens is 196 g/mol. The predicted octanol–water partition coefficient (Wildman–Crippen LogP) is 0.743. The van der Waals surface area contributed by atoms with Crippen molar-refractivity contribution in [3.05, 3.63) is 5.69 Å². The van der Waals surface area contributed by atoms with Gasteiger partial charge < -0.3 is 9.63 Å². The normalized spacial score (nSPS) is 17.9. The second-order valence-electron chi connectivity index (χ2n) is 4.00. The molecule has 1 aliphatic carbocycles. The minimum Gasteiger partial charge on any atom is -0.539 e. The zero-order valence-corrected chi connectivity index (χ0v) is 8.73. The SMILES string of the molecule is CC(=O)c1c([O-])on[n+]1C1CCCCC1. The van der Waals surface area contributed by atoms with Gasteiger partial charge in [-0.2, -0.15) is 0 Å². The number of hydrogen-bond donors (Lipinski definition) is 0. The van der Waals surface area contributed by atoms with Crippen LogP contribution in [0.15, 0.2) is 4.52 Å². The average molecular weight is 210 g/mol. The van der Waals surface area contributed by atoms with E-state index in [0.29, 0.717) is 0 Å². The highest BCUT2D eigenvalue weighted by Crippen LogP contribution is 2.24. The fourth-order valence-electron chi connectivity index (χ4n) is 2.14. The molecular formula is C10H14N2O3. The molecule has 0 amide bonds. The highest BCUT2D eigenvalue weighted by atomic mass is 16.6. The van der Waals surface area contributed by atoms with Crippen molar-refractivity contribution in [1.82, 2.24) is 5.27 Å². The summed E-state index contributed by atoms with van der Waals surface area (Å²) in [5.74, 6) is -0.889. The van der Waals surface area contributed by atoms with Crippen LogP contribution in [0.2, 0.25) is 0 Å². The molecule has 5 heteroatoms. The Balaban J connectivity index is 2.30. The Labute approximate surface area is 87.7 Å². The van der Waals surface area contributed by atoms with Crippen LogP contribution in [0.5, 0.6) is 5.95 Å². The van der Waals surface area contributed by atoms with Crippen LogP contribution < -0.4 is 9.79 Å². The Kier molecular flexibility index (Phi) is 2.70. The molecule has 1 heterocycles. The maximum atomic E-state index is 11.3. The molecule has 0 spiro atoms. The molecule has 1 fully saturated rings. The molecule has 2 rings (SSSR count). The Hall–Kier alpha value is -1.39. The first-order chi connectivity index (χ1) is 7.20. The van der Waals surface area contributed by atoms with Gasteiger partial charge in [-0.05, 0) is 12.8 Å². The molecule has 1 aromatic heterocycles. The van der Waals surface area contributed by atoms with E-state index >= 15 is 0 Å². The number of aromatic nitrogens is 2. The first kappa shape index (κ1) is 10.1. The minimum absolute atomic E-state index is 0.0851. The van der Waals surface area contributed by atoms with Crippen LogP contribution in [0.3, 0.4) is 0 Å². The summed E-state index contributed by atoms with van der Waals surface area (Å²) in [6, 6.07) is 0.157. The number of rotatable bonds is 2. The van der Waals surface area contributed by atoms with Crippen molar-refractivity contribution in [2.45, 2.75) is 45.1 Å². The third-order valence-corrected chi connectivity index (χ3v) is 2.89. The molecule has 0 radical (unpaired) electrons. The van der Waals surface area contributed by atoms with Crippen LogP contribution in [-0.2, 0) is 0 Å². The van der Waals surface area contributed by atoms with Gasteiger partial charge in [-0.3, -0.25) is 4.79 Å². The molecule has 0 N–H and O–H groups in total. The summed E-state index contributed by atoms with van der Waals surface area (Å²) in [7, 11) is 0. The maximum Gasteiger partial charge on any atom is 0.299 e. The van der Waals surface area contributed by atoms with Gasteiger partial charge >= 0.3 is 0 Å². The molecule has 15 heavy (non-hydrogen) atoms. The van der Waals surface area contributed by atoms with Crippen molar-refractivity contribution in [2.75, 3.05) is 0 Å². The Morgan fingerprint density at radius 3 is 2.73 bits per heavy atom. The molecule has 0 aliphatic heterocycles. The fourth-order valence-corrected chi connectivity index (χ4v) is 2.14. The molecule has 0 bridgehead atoms. The van der Waals surface area contributed by atoms with E-state index in [1.54, 1.807) is 0 Å². The van der Waals surface area contributed by atoms with E-state index in [2.05, 4.69) is 9.79 Å². The van der Waals surface area contributed by atoms with Gasteiger partial charge in [0.05, 0.1) is 5.27 Å². The van der Waals surface area contributed by atoms with Crippen LogP contribution in [0.4, 0.5) is 0 Å². The topological polar surface area (TPSA) is 70.0 Å². The number of Topliss-reactive ketones (excluding diaryl/α,β-unsaturated/α-hetero) is 1. The molecule has 1 aromatic rings. The smallest absolute Gasteiger partial charge is 0.299 e. The lowest BCUT2D eigenvalue weighted by Gasteiger charge is -2.14. The van der Waals surface area contributed by atoms with Crippen LogP contribution in [0, 0.1) is 0 Å². The number of hydrogen-bond acceptors (Lipinski definition) is 4. The first-order valence-corrected chi connectivity index (χ1v) is 5.29. The van der Waals surface area contributed by atoms with Crippen molar-refractivity contribution < 1.29 is 19.1 Å². The number of carbonyl (C=O) groups excluding carboxylic acids is 1. The molecule has 0 aromatic carbocycles. The number of ketones is 1. The highest BCUT2D eigenvalue weighted by Gasteiger charge is 2.31. The molecule has 1 aliphatic rings. The summed E-state index contributed by atoms with van der Waals surface area (Å²) >= 11 is 0. The number of nitrogens with zero attached hydrogens (tertiary/aromatic N) is 2. The Morgan fingerprint density at radius 2 is 2.13 bits per heavy atom. The van der Waals surface area contributed by atoms with Crippen LogP contribution in [0.1, 0.15) is 55.6 Å². The van der Waals surface area contributed by atoms with Crippen molar-refractivity contribution in [2.24, 2.45) is 0 Å². The lowest BCUT2D eigenvalue weighted by Crippen LogP contribution is -2.46. The third-order valence-electron chi connectivity index (χ3n) is 2.89. The van der Waals surface area contributed by atoms with Crippen LogP contribution in [-0.4, -0.2) is 11.1 Å². The molecule has 5 nitrogen and oxygen atoms in total. The third kappa shape index (κ3) is 1.86. The van der Waals surface area contributed by atoms with E-state index in [-0.39, 0.29) is 17.5 Å². The predicted molar refractivity (Wildman–Crippen MR) is 48.3 cm³/mol. The molecule has 82 valence electrons. The van der Waals surface area contributed by atoms with Crippen molar-refractivity contribution >= 4 is 5.78 Å². The zero-order chi connectivity index (χ0) is 10.8. The number of carbonyl (C=O) groups is 1. The summed E-state index contributed by atoms with van der Waals surface area (Å²) in [5.41, 5.74) is 0.0851.